The average molecular weight is 437 g/mol. The molecule has 1 unspecified atom stereocenters. The molecule has 1 amide bonds. The zero-order valence-electron chi connectivity index (χ0n) is 16.2. The number of nitrogens with one attached hydrogen (secondary N) is 1. The van der Waals surface area contributed by atoms with Crippen LogP contribution in [0.4, 0.5) is 18.9 Å². The summed E-state index contributed by atoms with van der Waals surface area (Å²) in [5.74, 6) is -0.427. The molecule has 8 heteroatoms. The van der Waals surface area contributed by atoms with Gasteiger partial charge in [-0.15, -0.1) is 0 Å². The molecule has 2 aromatic carbocycles. The van der Waals surface area contributed by atoms with E-state index >= 15 is 0 Å². The number of aliphatic imine (C=N–C) groups is 1. The highest BCUT2D eigenvalue weighted by Crippen LogP contribution is 2.36. The molecule has 158 valence electrons. The van der Waals surface area contributed by atoms with Crippen molar-refractivity contribution in [2.45, 2.75) is 32.0 Å². The topological polar surface area (TPSA) is 50.7 Å². The van der Waals surface area contributed by atoms with Gasteiger partial charge in [0.25, 0.3) is 5.91 Å². The van der Waals surface area contributed by atoms with Gasteiger partial charge in [-0.3, -0.25) is 9.79 Å². The lowest BCUT2D eigenvalue weighted by Gasteiger charge is -2.23. The summed E-state index contributed by atoms with van der Waals surface area (Å²) in [6.45, 7) is 1.55. The molecule has 0 saturated carbocycles. The van der Waals surface area contributed by atoms with Gasteiger partial charge in [0.15, 0.2) is 6.61 Å². The SMILES string of the molecule is CCc1ccccc1NC(=O)COC1=CC(C(F)(F)F)=NC(c2ccccc2Cl)C1. The number of halogens is 4. The Bertz CT molecular complexity index is 986. The van der Waals surface area contributed by atoms with Crippen molar-refractivity contribution in [1.29, 1.82) is 0 Å². The predicted molar refractivity (Wildman–Crippen MR) is 111 cm³/mol. The summed E-state index contributed by atoms with van der Waals surface area (Å²) in [4.78, 5) is 16.1. The van der Waals surface area contributed by atoms with Crippen LogP contribution in [-0.2, 0) is 16.0 Å². The maximum absolute atomic E-state index is 13.3. The zero-order chi connectivity index (χ0) is 21.7. The third kappa shape index (κ3) is 5.42. The summed E-state index contributed by atoms with van der Waals surface area (Å²) in [6, 6.07) is 13.1. The van der Waals surface area contributed by atoms with Crippen molar-refractivity contribution < 1.29 is 22.7 Å². The monoisotopic (exact) mass is 436 g/mol. The second kappa shape index (κ2) is 9.34. The van der Waals surface area contributed by atoms with Gasteiger partial charge < -0.3 is 10.1 Å². The van der Waals surface area contributed by atoms with Crippen molar-refractivity contribution in [2.24, 2.45) is 4.99 Å². The number of para-hydroxylation sites is 1. The van der Waals surface area contributed by atoms with E-state index in [0.29, 0.717) is 16.3 Å². The quantitative estimate of drug-likeness (QED) is 0.613. The van der Waals surface area contributed by atoms with Crippen LogP contribution in [0.3, 0.4) is 0 Å². The highest BCUT2D eigenvalue weighted by atomic mass is 35.5. The maximum atomic E-state index is 13.3. The van der Waals surface area contributed by atoms with Crippen molar-refractivity contribution >= 4 is 28.9 Å². The van der Waals surface area contributed by atoms with E-state index in [1.54, 1.807) is 36.4 Å². The Kier molecular flexibility index (Phi) is 6.82. The standard InChI is InChI=1S/C22H20ClF3N2O2/c1-2-14-7-3-6-10-18(14)28-21(29)13-30-15-11-19(16-8-4-5-9-17(16)23)27-20(12-15)22(24,25)26/h3-10,12,19H,2,11,13H2,1H3,(H,28,29). The number of alkyl halides is 3. The molecule has 3 rings (SSSR count). The second-order valence-corrected chi connectivity index (χ2v) is 7.12. The fraction of sp³-hybridized carbons (Fsp3) is 0.273. The minimum Gasteiger partial charge on any atom is -0.488 e. The number of allylic oxidation sites excluding steroid dienone is 1. The van der Waals surface area contributed by atoms with Gasteiger partial charge in [-0.25, -0.2) is 0 Å². The van der Waals surface area contributed by atoms with E-state index in [0.717, 1.165) is 18.1 Å². The fourth-order valence-electron chi connectivity index (χ4n) is 3.13. The zero-order valence-corrected chi connectivity index (χ0v) is 16.9. The number of hydrogen-bond acceptors (Lipinski definition) is 3. The lowest BCUT2D eigenvalue weighted by atomic mass is 9.99. The number of benzene rings is 2. The van der Waals surface area contributed by atoms with Crippen LogP contribution >= 0.6 is 11.6 Å². The summed E-state index contributed by atoms with van der Waals surface area (Å²) in [6.07, 6.45) is -3.01. The maximum Gasteiger partial charge on any atom is 0.433 e. The minimum absolute atomic E-state index is 0.0289. The van der Waals surface area contributed by atoms with E-state index in [2.05, 4.69) is 10.3 Å². The van der Waals surface area contributed by atoms with E-state index in [1.165, 1.54) is 0 Å². The number of carbonyl (C=O) groups excluding carboxylic acids is 1. The predicted octanol–water partition coefficient (Wildman–Crippen LogP) is 5.89. The molecule has 1 aliphatic rings. The third-order valence-corrected chi connectivity index (χ3v) is 4.95. The van der Waals surface area contributed by atoms with Crippen LogP contribution in [-0.4, -0.2) is 24.4 Å². The second-order valence-electron chi connectivity index (χ2n) is 6.71. The number of hydrogen-bond donors (Lipinski definition) is 1. The summed E-state index contributed by atoms with van der Waals surface area (Å²) in [7, 11) is 0. The van der Waals surface area contributed by atoms with Crippen LogP contribution in [0.25, 0.3) is 0 Å². The Morgan fingerprint density at radius 3 is 2.60 bits per heavy atom. The first-order chi connectivity index (χ1) is 14.3. The normalized spacial score (nSPS) is 16.5. The van der Waals surface area contributed by atoms with Gasteiger partial charge in [0.05, 0.1) is 6.04 Å². The van der Waals surface area contributed by atoms with Crippen molar-refractivity contribution in [3.8, 4) is 0 Å². The van der Waals surface area contributed by atoms with Crippen LogP contribution in [0.5, 0.6) is 0 Å². The number of dihydropyridines is 1. The van der Waals surface area contributed by atoms with Gasteiger partial charge in [0, 0.05) is 23.2 Å². The van der Waals surface area contributed by atoms with E-state index in [1.807, 2.05) is 19.1 Å². The molecule has 1 heterocycles. The molecule has 2 aromatic rings. The van der Waals surface area contributed by atoms with E-state index in [9.17, 15) is 18.0 Å². The summed E-state index contributed by atoms with van der Waals surface area (Å²) < 4.78 is 45.4. The Labute approximate surface area is 177 Å². The van der Waals surface area contributed by atoms with E-state index in [-0.39, 0.29) is 12.2 Å². The number of ether oxygens (including phenoxy) is 1. The number of anilines is 1. The molecule has 0 aliphatic carbocycles. The molecule has 0 radical (unpaired) electrons. The Morgan fingerprint density at radius 2 is 1.90 bits per heavy atom. The number of rotatable bonds is 6. The molecule has 0 fully saturated rings. The molecule has 0 aromatic heterocycles. The molecule has 1 aliphatic heterocycles. The molecule has 1 atom stereocenters. The number of nitrogens with zero attached hydrogens (tertiary/aromatic N) is 1. The van der Waals surface area contributed by atoms with E-state index in [4.69, 9.17) is 16.3 Å². The first kappa shape index (κ1) is 21.9. The van der Waals surface area contributed by atoms with Crippen molar-refractivity contribution in [3.05, 3.63) is 76.5 Å². The number of carbonyl (C=O) groups is 1. The summed E-state index contributed by atoms with van der Waals surface area (Å²) in [5.41, 5.74) is 1.01. The van der Waals surface area contributed by atoms with Crippen molar-refractivity contribution in [2.75, 3.05) is 11.9 Å². The van der Waals surface area contributed by atoms with Crippen LogP contribution < -0.4 is 5.32 Å². The number of aryl methyl sites for hydroxylation is 1. The van der Waals surface area contributed by atoms with Gasteiger partial charge in [-0.2, -0.15) is 13.2 Å². The van der Waals surface area contributed by atoms with Gasteiger partial charge >= 0.3 is 6.18 Å². The average Bonchev–Trinajstić information content (AvgIpc) is 2.72. The Balaban J connectivity index is 1.73. The summed E-state index contributed by atoms with van der Waals surface area (Å²) >= 11 is 6.14. The largest absolute Gasteiger partial charge is 0.488 e. The lowest BCUT2D eigenvalue weighted by Crippen LogP contribution is -2.26. The third-order valence-electron chi connectivity index (χ3n) is 4.60. The Hall–Kier alpha value is -2.80. The highest BCUT2D eigenvalue weighted by Gasteiger charge is 2.38. The Morgan fingerprint density at radius 1 is 1.20 bits per heavy atom. The lowest BCUT2D eigenvalue weighted by molar-refractivity contribution is -0.119. The van der Waals surface area contributed by atoms with Gasteiger partial charge in [0.2, 0.25) is 0 Å². The molecule has 30 heavy (non-hydrogen) atoms. The molecular weight excluding hydrogens is 417 g/mol. The van der Waals surface area contributed by atoms with Crippen LogP contribution in [0.1, 0.15) is 30.5 Å². The molecule has 4 nitrogen and oxygen atoms in total. The van der Waals surface area contributed by atoms with E-state index < -0.39 is 30.4 Å². The van der Waals surface area contributed by atoms with Crippen molar-refractivity contribution in [1.82, 2.24) is 0 Å². The minimum atomic E-state index is -4.64. The highest BCUT2D eigenvalue weighted by molar-refractivity contribution is 6.31. The van der Waals surface area contributed by atoms with Gasteiger partial charge in [-0.1, -0.05) is 54.9 Å². The van der Waals surface area contributed by atoms with Crippen LogP contribution in [0, 0.1) is 0 Å². The first-order valence-corrected chi connectivity index (χ1v) is 9.76. The first-order valence-electron chi connectivity index (χ1n) is 9.38. The smallest absolute Gasteiger partial charge is 0.433 e. The van der Waals surface area contributed by atoms with Gasteiger partial charge in [-0.05, 0) is 29.7 Å². The van der Waals surface area contributed by atoms with Gasteiger partial charge in [0.1, 0.15) is 11.5 Å². The molecule has 0 bridgehead atoms. The van der Waals surface area contributed by atoms with Crippen molar-refractivity contribution in [3.63, 3.8) is 0 Å². The molecular formula is C22H20ClF3N2O2. The van der Waals surface area contributed by atoms with Crippen LogP contribution in [0.2, 0.25) is 5.02 Å². The van der Waals surface area contributed by atoms with Crippen LogP contribution in [0.15, 0.2) is 65.4 Å². The fourth-order valence-corrected chi connectivity index (χ4v) is 3.39. The number of amides is 1. The summed E-state index contributed by atoms with van der Waals surface area (Å²) in [5, 5.41) is 3.05. The molecule has 0 spiro atoms. The molecule has 0 saturated heterocycles. The molecule has 1 N–H and O–H groups in total.